The van der Waals surface area contributed by atoms with Gasteiger partial charge in [0.25, 0.3) is 0 Å². The Bertz CT molecular complexity index is 859. The number of nitrogens with zero attached hydrogens (tertiary/aromatic N) is 1. The molecule has 0 saturated carbocycles. The summed E-state index contributed by atoms with van der Waals surface area (Å²) in [6, 6.07) is 12.0. The Balaban J connectivity index is 0.00000420. The van der Waals surface area contributed by atoms with E-state index < -0.39 is 0 Å². The number of hydrogen-bond donors (Lipinski definition) is 3. The highest BCUT2D eigenvalue weighted by Gasteiger charge is 2.07. The second kappa shape index (κ2) is 12.7. The van der Waals surface area contributed by atoms with Crippen molar-refractivity contribution in [3.8, 4) is 5.75 Å². The number of guanidine groups is 1. The lowest BCUT2D eigenvalue weighted by molar-refractivity contribution is -0.115. The number of rotatable bonds is 7. The first-order valence-corrected chi connectivity index (χ1v) is 9.86. The normalized spacial score (nSPS) is 10.7. The molecule has 1 amide bonds. The van der Waals surface area contributed by atoms with E-state index in [1.165, 1.54) is 5.56 Å². The van der Waals surface area contributed by atoms with Crippen LogP contribution in [0, 0.1) is 13.8 Å². The average Bonchev–Trinajstić information content (AvgIpc) is 2.68. The average molecular weight is 575 g/mol. The van der Waals surface area contributed by atoms with Gasteiger partial charge in [0.15, 0.2) is 5.96 Å². The van der Waals surface area contributed by atoms with Crippen molar-refractivity contribution in [2.24, 2.45) is 4.99 Å². The van der Waals surface area contributed by atoms with E-state index >= 15 is 0 Å². The minimum absolute atomic E-state index is 0. The first-order valence-electron chi connectivity index (χ1n) is 9.07. The van der Waals surface area contributed by atoms with E-state index in [0.717, 1.165) is 33.5 Å². The van der Waals surface area contributed by atoms with Crippen LogP contribution in [0.25, 0.3) is 0 Å². The SMILES string of the molecule is CN=C(NCCc1ccc(C)c(OC)c1)NCC(=O)Nc1cc(Br)ccc1C.I. The van der Waals surface area contributed by atoms with Crippen molar-refractivity contribution in [3.05, 3.63) is 57.6 Å². The van der Waals surface area contributed by atoms with Crippen molar-refractivity contribution in [1.82, 2.24) is 10.6 Å². The number of methoxy groups -OCH3 is 1. The number of halogens is 2. The van der Waals surface area contributed by atoms with E-state index in [1.807, 2.05) is 38.1 Å². The van der Waals surface area contributed by atoms with E-state index in [2.05, 4.69) is 49.0 Å². The van der Waals surface area contributed by atoms with Gasteiger partial charge in [-0.3, -0.25) is 9.79 Å². The summed E-state index contributed by atoms with van der Waals surface area (Å²) in [6.07, 6.45) is 0.820. The summed E-state index contributed by atoms with van der Waals surface area (Å²) in [5, 5.41) is 9.15. The number of hydrogen-bond acceptors (Lipinski definition) is 3. The van der Waals surface area contributed by atoms with Crippen molar-refractivity contribution < 1.29 is 9.53 Å². The number of aliphatic imine (C=N–C) groups is 1. The molecule has 0 atom stereocenters. The third-order valence-corrected chi connectivity index (χ3v) is 4.79. The zero-order valence-corrected chi connectivity index (χ0v) is 21.1. The van der Waals surface area contributed by atoms with Crippen LogP contribution in [0.2, 0.25) is 0 Å². The highest BCUT2D eigenvalue weighted by Crippen LogP contribution is 2.20. The van der Waals surface area contributed by atoms with E-state index in [0.29, 0.717) is 12.5 Å². The molecule has 0 spiro atoms. The molecule has 6 nitrogen and oxygen atoms in total. The minimum atomic E-state index is -0.132. The molecule has 0 radical (unpaired) electrons. The third-order valence-electron chi connectivity index (χ3n) is 4.29. The van der Waals surface area contributed by atoms with Crippen LogP contribution in [0.5, 0.6) is 5.75 Å². The second-order valence-corrected chi connectivity index (χ2v) is 7.33. The Morgan fingerprint density at radius 3 is 2.52 bits per heavy atom. The molecule has 158 valence electrons. The molecule has 0 aromatic heterocycles. The molecule has 0 bridgehead atoms. The van der Waals surface area contributed by atoms with Crippen molar-refractivity contribution in [2.75, 3.05) is 32.6 Å². The van der Waals surface area contributed by atoms with E-state index in [1.54, 1.807) is 14.2 Å². The number of carbonyl (C=O) groups excluding carboxylic acids is 1. The van der Waals surface area contributed by atoms with Crippen molar-refractivity contribution in [1.29, 1.82) is 0 Å². The Labute approximate surface area is 198 Å². The van der Waals surface area contributed by atoms with Gasteiger partial charge in [-0.15, -0.1) is 24.0 Å². The summed E-state index contributed by atoms with van der Waals surface area (Å²) in [5.74, 6) is 1.34. The van der Waals surface area contributed by atoms with Crippen LogP contribution in [0.4, 0.5) is 5.69 Å². The first kappa shape index (κ1) is 25.2. The Morgan fingerprint density at radius 1 is 1.10 bits per heavy atom. The van der Waals surface area contributed by atoms with Gasteiger partial charge in [0.1, 0.15) is 5.75 Å². The maximum absolute atomic E-state index is 12.2. The predicted molar refractivity (Wildman–Crippen MR) is 134 cm³/mol. The van der Waals surface area contributed by atoms with Crippen LogP contribution in [0.1, 0.15) is 16.7 Å². The van der Waals surface area contributed by atoms with Crippen LogP contribution >= 0.6 is 39.9 Å². The predicted octanol–water partition coefficient (Wildman–Crippen LogP) is 4.04. The number of benzene rings is 2. The number of ether oxygens (including phenoxy) is 1. The maximum atomic E-state index is 12.2. The second-order valence-electron chi connectivity index (χ2n) is 6.41. The lowest BCUT2D eigenvalue weighted by Crippen LogP contribution is -2.42. The fourth-order valence-electron chi connectivity index (χ4n) is 2.65. The first-order chi connectivity index (χ1) is 13.4. The number of aryl methyl sites for hydroxylation is 2. The topological polar surface area (TPSA) is 74.8 Å². The van der Waals surface area contributed by atoms with Crippen molar-refractivity contribution in [2.45, 2.75) is 20.3 Å². The van der Waals surface area contributed by atoms with Crippen LogP contribution in [0.15, 0.2) is 45.9 Å². The van der Waals surface area contributed by atoms with Gasteiger partial charge >= 0.3 is 0 Å². The largest absolute Gasteiger partial charge is 0.496 e. The Kier molecular flexibility index (Phi) is 11.0. The van der Waals surface area contributed by atoms with Gasteiger partial charge in [-0.2, -0.15) is 0 Å². The molecule has 0 fully saturated rings. The molecule has 2 aromatic rings. The zero-order chi connectivity index (χ0) is 20.5. The summed E-state index contributed by atoms with van der Waals surface area (Å²) in [5.41, 5.74) is 4.08. The Hall–Kier alpha value is -1.81. The molecule has 8 heteroatoms. The molecule has 2 aromatic carbocycles. The fourth-order valence-corrected chi connectivity index (χ4v) is 3.01. The molecule has 0 unspecified atom stereocenters. The molecule has 0 aliphatic carbocycles. The minimum Gasteiger partial charge on any atom is -0.496 e. The smallest absolute Gasteiger partial charge is 0.243 e. The number of nitrogens with one attached hydrogen (secondary N) is 3. The van der Waals surface area contributed by atoms with Crippen molar-refractivity contribution >= 4 is 57.5 Å². The van der Waals surface area contributed by atoms with E-state index in [4.69, 9.17) is 4.74 Å². The molecule has 2 rings (SSSR count). The Morgan fingerprint density at radius 2 is 1.83 bits per heavy atom. The summed E-state index contributed by atoms with van der Waals surface area (Å²) in [7, 11) is 3.36. The summed E-state index contributed by atoms with van der Waals surface area (Å²) < 4.78 is 6.28. The summed E-state index contributed by atoms with van der Waals surface area (Å²) >= 11 is 3.42. The van der Waals surface area contributed by atoms with Crippen molar-refractivity contribution in [3.63, 3.8) is 0 Å². The van der Waals surface area contributed by atoms with Gasteiger partial charge in [-0.25, -0.2) is 0 Å². The number of anilines is 1. The zero-order valence-electron chi connectivity index (χ0n) is 17.1. The van der Waals surface area contributed by atoms with Crippen LogP contribution in [-0.4, -0.2) is 39.1 Å². The maximum Gasteiger partial charge on any atom is 0.243 e. The molecular formula is C21H28BrIN4O2. The van der Waals surface area contributed by atoms with E-state index in [-0.39, 0.29) is 36.4 Å². The quantitative estimate of drug-likeness (QED) is 0.265. The third kappa shape index (κ3) is 8.22. The molecule has 29 heavy (non-hydrogen) atoms. The summed E-state index contributed by atoms with van der Waals surface area (Å²) in [6.45, 7) is 4.80. The van der Waals surface area contributed by atoms with E-state index in [9.17, 15) is 4.79 Å². The van der Waals surface area contributed by atoms with Crippen LogP contribution in [0.3, 0.4) is 0 Å². The molecule has 0 saturated heterocycles. The van der Waals surface area contributed by atoms with Gasteiger partial charge in [-0.05, 0) is 55.2 Å². The van der Waals surface area contributed by atoms with Gasteiger partial charge in [-0.1, -0.05) is 34.1 Å². The molecule has 0 aliphatic rings. The lowest BCUT2D eigenvalue weighted by Gasteiger charge is -2.13. The number of carbonyl (C=O) groups is 1. The molecular weight excluding hydrogens is 547 g/mol. The van der Waals surface area contributed by atoms with Crippen LogP contribution in [-0.2, 0) is 11.2 Å². The standard InChI is InChI=1S/C21H27BrN4O2.HI/c1-14-6-8-17(22)12-18(14)26-20(27)13-25-21(23-3)24-10-9-16-7-5-15(2)19(11-16)28-4;/h5-8,11-12H,9-10,13H2,1-4H3,(H,26,27)(H2,23,24,25);1H. The number of amides is 1. The van der Waals surface area contributed by atoms with Gasteiger partial charge < -0.3 is 20.7 Å². The fraction of sp³-hybridized carbons (Fsp3) is 0.333. The summed E-state index contributed by atoms with van der Waals surface area (Å²) in [4.78, 5) is 16.4. The lowest BCUT2D eigenvalue weighted by atomic mass is 10.1. The molecule has 0 aliphatic heterocycles. The van der Waals surface area contributed by atoms with Gasteiger partial charge in [0.2, 0.25) is 5.91 Å². The monoisotopic (exact) mass is 574 g/mol. The highest BCUT2D eigenvalue weighted by atomic mass is 127. The molecule has 3 N–H and O–H groups in total. The van der Waals surface area contributed by atoms with Gasteiger partial charge in [0, 0.05) is 23.8 Å². The highest BCUT2D eigenvalue weighted by molar-refractivity contribution is 14.0. The van der Waals surface area contributed by atoms with Crippen LogP contribution < -0.4 is 20.7 Å². The molecule has 0 heterocycles. The van der Waals surface area contributed by atoms with Gasteiger partial charge in [0.05, 0.1) is 13.7 Å².